The normalized spacial score (nSPS) is 26.5. The molecular formula is C28H27BrN4O3. The molecule has 2 amide bonds. The van der Waals surface area contributed by atoms with Gasteiger partial charge in [-0.25, -0.2) is 4.98 Å². The molecule has 8 heteroatoms. The molecule has 6 rings (SSSR count). The number of nitrogens with zero attached hydrogens (tertiary/aromatic N) is 4. The maximum atomic E-state index is 14.1. The summed E-state index contributed by atoms with van der Waals surface area (Å²) in [5.41, 5.74) is 1.09. The molecule has 4 heterocycles. The summed E-state index contributed by atoms with van der Waals surface area (Å²) in [6.07, 6.45) is 1.89. The molecule has 0 saturated carbocycles. The summed E-state index contributed by atoms with van der Waals surface area (Å²) < 4.78 is 2.38. The van der Waals surface area contributed by atoms with E-state index in [4.69, 9.17) is 4.98 Å². The van der Waals surface area contributed by atoms with Crippen LogP contribution in [0.4, 0.5) is 5.69 Å². The van der Waals surface area contributed by atoms with Crippen molar-refractivity contribution in [3.63, 3.8) is 0 Å². The van der Waals surface area contributed by atoms with Crippen LogP contribution in [0.1, 0.15) is 57.6 Å². The van der Waals surface area contributed by atoms with Gasteiger partial charge in [0.1, 0.15) is 18.0 Å². The number of carbonyl (C=O) groups is 2. The van der Waals surface area contributed by atoms with Crippen LogP contribution in [-0.2, 0) is 15.0 Å². The number of benzene rings is 2. The van der Waals surface area contributed by atoms with E-state index in [2.05, 4.69) is 42.4 Å². The third-order valence-electron chi connectivity index (χ3n) is 8.63. The molecule has 0 spiro atoms. The number of aromatic nitrogens is 2. The number of carbonyl (C=O) groups excluding carboxylic acids is 2. The van der Waals surface area contributed by atoms with Gasteiger partial charge in [-0.05, 0) is 48.6 Å². The summed E-state index contributed by atoms with van der Waals surface area (Å²) in [6, 6.07) is 12.1. The maximum Gasteiger partial charge on any atom is 0.262 e. The predicted molar refractivity (Wildman–Crippen MR) is 142 cm³/mol. The van der Waals surface area contributed by atoms with Crippen LogP contribution in [0.5, 0.6) is 0 Å². The van der Waals surface area contributed by atoms with E-state index in [1.807, 2.05) is 41.3 Å². The van der Waals surface area contributed by atoms with Crippen molar-refractivity contribution in [1.82, 2.24) is 14.5 Å². The van der Waals surface area contributed by atoms with Gasteiger partial charge in [0.05, 0.1) is 16.9 Å². The van der Waals surface area contributed by atoms with Gasteiger partial charge in [-0.15, -0.1) is 6.58 Å². The van der Waals surface area contributed by atoms with Crippen molar-refractivity contribution < 1.29 is 9.59 Å². The van der Waals surface area contributed by atoms with Gasteiger partial charge in [-0.3, -0.25) is 23.9 Å². The lowest BCUT2D eigenvalue weighted by Crippen LogP contribution is -2.59. The topological polar surface area (TPSA) is 75.5 Å². The highest BCUT2D eigenvalue weighted by atomic mass is 79.9. The fourth-order valence-corrected chi connectivity index (χ4v) is 7.13. The van der Waals surface area contributed by atoms with E-state index in [0.717, 1.165) is 15.7 Å². The highest BCUT2D eigenvalue weighted by Crippen LogP contribution is 2.65. The molecule has 1 aromatic heterocycles. The second-order valence-electron chi connectivity index (χ2n) is 10.6. The first-order valence-electron chi connectivity index (χ1n) is 12.1. The monoisotopic (exact) mass is 546 g/mol. The average molecular weight is 547 g/mol. The smallest absolute Gasteiger partial charge is 0.262 e. The van der Waals surface area contributed by atoms with Crippen LogP contribution in [0.15, 0.2) is 64.4 Å². The lowest BCUT2D eigenvalue weighted by atomic mass is 9.60. The van der Waals surface area contributed by atoms with Crippen LogP contribution >= 0.6 is 15.9 Å². The van der Waals surface area contributed by atoms with Crippen molar-refractivity contribution >= 4 is 44.3 Å². The van der Waals surface area contributed by atoms with E-state index in [9.17, 15) is 14.4 Å². The summed E-state index contributed by atoms with van der Waals surface area (Å²) >= 11 is 3.49. The molecule has 3 aliphatic heterocycles. The van der Waals surface area contributed by atoms with Gasteiger partial charge in [-0.2, -0.15) is 0 Å². The molecule has 0 aliphatic carbocycles. The molecule has 2 aromatic carbocycles. The Morgan fingerprint density at radius 3 is 2.64 bits per heavy atom. The van der Waals surface area contributed by atoms with Crippen LogP contribution in [0.25, 0.3) is 10.9 Å². The molecule has 0 radical (unpaired) electrons. The van der Waals surface area contributed by atoms with Gasteiger partial charge < -0.3 is 4.90 Å². The Hall–Kier alpha value is -3.26. The van der Waals surface area contributed by atoms with Crippen molar-refractivity contribution in [1.29, 1.82) is 0 Å². The molecule has 1 fully saturated rings. The molecule has 3 aromatic rings. The molecule has 36 heavy (non-hydrogen) atoms. The van der Waals surface area contributed by atoms with E-state index >= 15 is 0 Å². The molecular weight excluding hydrogens is 520 g/mol. The second-order valence-corrected chi connectivity index (χ2v) is 11.5. The summed E-state index contributed by atoms with van der Waals surface area (Å²) in [5.74, 6) is 0.250. The van der Waals surface area contributed by atoms with Crippen molar-refractivity contribution in [2.24, 2.45) is 5.41 Å². The van der Waals surface area contributed by atoms with Gasteiger partial charge >= 0.3 is 0 Å². The van der Waals surface area contributed by atoms with E-state index in [1.54, 1.807) is 29.4 Å². The van der Waals surface area contributed by atoms with E-state index in [-0.39, 0.29) is 17.4 Å². The Labute approximate surface area is 217 Å². The largest absolute Gasteiger partial charge is 0.309 e. The summed E-state index contributed by atoms with van der Waals surface area (Å²) in [7, 11) is 0. The first kappa shape index (κ1) is 23.2. The Balaban J connectivity index is 1.69. The van der Waals surface area contributed by atoms with E-state index in [0.29, 0.717) is 23.1 Å². The molecule has 0 unspecified atom stereocenters. The first-order chi connectivity index (χ1) is 17.0. The molecule has 184 valence electrons. The maximum absolute atomic E-state index is 14.1. The minimum absolute atomic E-state index is 0.131. The predicted octanol–water partition coefficient (Wildman–Crippen LogP) is 4.85. The third kappa shape index (κ3) is 2.63. The highest BCUT2D eigenvalue weighted by Gasteiger charge is 2.69. The summed E-state index contributed by atoms with van der Waals surface area (Å²) in [5, 5.41) is 0.477. The fraction of sp³-hybridized carbons (Fsp3) is 0.357. The second kappa shape index (κ2) is 7.38. The molecule has 0 bridgehead atoms. The van der Waals surface area contributed by atoms with Gasteiger partial charge in [0, 0.05) is 22.5 Å². The number of amides is 2. The Bertz CT molecular complexity index is 1560. The van der Waals surface area contributed by atoms with Gasteiger partial charge in [0.15, 0.2) is 0 Å². The van der Waals surface area contributed by atoms with Crippen molar-refractivity contribution in [3.05, 3.63) is 81.3 Å². The number of rotatable bonds is 2. The zero-order valence-corrected chi connectivity index (χ0v) is 22.2. The molecule has 7 nitrogen and oxygen atoms in total. The quantitative estimate of drug-likeness (QED) is 0.430. The number of allylic oxidation sites excluding steroid dienone is 1. The number of anilines is 1. The number of hydrogen-bond donors (Lipinski definition) is 0. The minimum atomic E-state index is -0.746. The van der Waals surface area contributed by atoms with E-state index in [1.165, 1.54) is 0 Å². The lowest BCUT2D eigenvalue weighted by molar-refractivity contribution is -0.141. The average Bonchev–Trinajstić information content (AvgIpc) is 3.34. The van der Waals surface area contributed by atoms with E-state index < -0.39 is 29.1 Å². The number of halogens is 1. The third-order valence-corrected chi connectivity index (χ3v) is 9.12. The van der Waals surface area contributed by atoms with Crippen LogP contribution in [0.2, 0.25) is 0 Å². The van der Waals surface area contributed by atoms with Gasteiger partial charge in [0.25, 0.3) is 5.56 Å². The van der Waals surface area contributed by atoms with Crippen molar-refractivity contribution in [2.75, 3.05) is 4.90 Å². The van der Waals surface area contributed by atoms with Crippen LogP contribution in [-0.4, -0.2) is 32.4 Å². The standard InChI is InChI=1S/C28H27BrN4O3/c1-6-27(4,5)28-14-22-23-30-20-13-17(29)11-12-18(20)25(36)31(23)15(2)24(35)33(22)26(28)32(16(3)34)21-10-8-7-9-19(21)28/h6-13,15,22,26H,1,14H2,2-5H3/t15-,22+,26+,28-/m1/s1. The minimum Gasteiger partial charge on any atom is -0.309 e. The molecule has 4 atom stereocenters. The zero-order valence-electron chi connectivity index (χ0n) is 20.7. The highest BCUT2D eigenvalue weighted by molar-refractivity contribution is 9.10. The zero-order chi connectivity index (χ0) is 25.7. The molecule has 0 N–H and O–H groups in total. The Kier molecular flexibility index (Phi) is 4.75. The number of para-hydroxylation sites is 1. The van der Waals surface area contributed by atoms with Crippen molar-refractivity contribution in [2.45, 2.75) is 57.8 Å². The number of hydrogen-bond acceptors (Lipinski definition) is 4. The van der Waals surface area contributed by atoms with Gasteiger partial charge in [-0.1, -0.05) is 54.1 Å². The number of fused-ring (bicyclic) bond motifs is 8. The lowest BCUT2D eigenvalue weighted by Gasteiger charge is -2.46. The van der Waals surface area contributed by atoms with Crippen LogP contribution < -0.4 is 10.5 Å². The molecule has 3 aliphatic rings. The van der Waals surface area contributed by atoms with Gasteiger partial charge in [0.2, 0.25) is 11.8 Å². The molecule has 1 saturated heterocycles. The SMILES string of the molecule is C=CC(C)(C)[C@@]12C[C@H]3c4nc5cc(Br)ccc5c(=O)n4[C@H](C)C(=O)N3[C@@H]1N(C(C)=O)c1ccccc12. The van der Waals surface area contributed by atoms with Crippen molar-refractivity contribution in [3.8, 4) is 0 Å². The Morgan fingerprint density at radius 1 is 1.22 bits per heavy atom. The Morgan fingerprint density at radius 2 is 1.94 bits per heavy atom. The summed E-state index contributed by atoms with van der Waals surface area (Å²) in [6.45, 7) is 11.7. The summed E-state index contributed by atoms with van der Waals surface area (Å²) in [4.78, 5) is 49.5. The van der Waals surface area contributed by atoms with Crippen LogP contribution in [0, 0.1) is 5.41 Å². The fourth-order valence-electron chi connectivity index (χ4n) is 6.78. The van der Waals surface area contributed by atoms with Crippen LogP contribution in [0.3, 0.4) is 0 Å². The first-order valence-corrected chi connectivity index (χ1v) is 12.9.